The van der Waals surface area contributed by atoms with Crippen LogP contribution in [0.15, 0.2) is 47.5 Å². The lowest BCUT2D eigenvalue weighted by Gasteiger charge is -2.35. The Labute approximate surface area is 148 Å². The summed E-state index contributed by atoms with van der Waals surface area (Å²) in [6.07, 6.45) is 1.74. The molecular formula is C20H23ClN2O. The van der Waals surface area contributed by atoms with Crippen molar-refractivity contribution in [3.05, 3.63) is 64.2 Å². The van der Waals surface area contributed by atoms with Crippen LogP contribution in [0.1, 0.15) is 49.9 Å². The summed E-state index contributed by atoms with van der Waals surface area (Å²) < 4.78 is 0. The zero-order valence-corrected chi connectivity index (χ0v) is 15.1. The number of phenols is 1. The molecule has 0 fully saturated rings. The Morgan fingerprint density at radius 3 is 2.58 bits per heavy atom. The molecule has 0 spiro atoms. The Bertz CT molecular complexity index is 766. The number of hydrogen-bond donors (Lipinski definition) is 2. The number of hydrogen-bond acceptors (Lipinski definition) is 3. The Morgan fingerprint density at radius 1 is 1.21 bits per heavy atom. The summed E-state index contributed by atoms with van der Waals surface area (Å²) in [5.41, 5.74) is 3.90. The molecule has 1 atom stereocenters. The minimum atomic E-state index is -0.406. The Balaban J connectivity index is 1.96. The number of rotatable bonds is 3. The summed E-state index contributed by atoms with van der Waals surface area (Å²) in [6, 6.07) is 13.7. The lowest BCUT2D eigenvalue weighted by Crippen LogP contribution is -2.45. The van der Waals surface area contributed by atoms with Crippen LogP contribution in [0.3, 0.4) is 0 Å². The number of aliphatic imine (C=N–C) groups is 1. The van der Waals surface area contributed by atoms with Crippen LogP contribution >= 0.6 is 11.6 Å². The molecule has 2 N–H and O–H groups in total. The number of phenolic OH excluding ortho intramolecular Hbond substituents is 1. The fraction of sp³-hybridized carbons (Fsp3) is 0.350. The average molecular weight is 343 g/mol. The maximum atomic E-state index is 10.2. The number of aryl methyl sites for hydroxylation is 1. The van der Waals surface area contributed by atoms with E-state index in [1.807, 2.05) is 19.9 Å². The van der Waals surface area contributed by atoms with Crippen LogP contribution in [-0.4, -0.2) is 16.5 Å². The predicted octanol–water partition coefficient (Wildman–Crippen LogP) is 4.87. The maximum Gasteiger partial charge on any atom is 0.120 e. The molecule has 0 radical (unpaired) electrons. The highest BCUT2D eigenvalue weighted by atomic mass is 35.5. The molecule has 1 aliphatic rings. The van der Waals surface area contributed by atoms with Crippen molar-refractivity contribution in [2.75, 3.05) is 0 Å². The van der Waals surface area contributed by atoms with Gasteiger partial charge in [-0.15, -0.1) is 0 Å². The molecule has 0 bridgehead atoms. The van der Waals surface area contributed by atoms with Crippen LogP contribution in [0.4, 0.5) is 0 Å². The van der Waals surface area contributed by atoms with E-state index in [4.69, 9.17) is 16.6 Å². The van der Waals surface area contributed by atoms with Crippen molar-refractivity contribution < 1.29 is 5.11 Å². The van der Waals surface area contributed by atoms with Crippen molar-refractivity contribution in [1.82, 2.24) is 5.32 Å². The quantitative estimate of drug-likeness (QED) is 0.836. The summed E-state index contributed by atoms with van der Waals surface area (Å²) in [6.45, 7) is 6.24. The minimum Gasteiger partial charge on any atom is -0.508 e. The van der Waals surface area contributed by atoms with E-state index in [0.29, 0.717) is 11.4 Å². The zero-order valence-electron chi connectivity index (χ0n) is 14.3. The van der Waals surface area contributed by atoms with Crippen molar-refractivity contribution in [1.29, 1.82) is 0 Å². The fourth-order valence-electron chi connectivity index (χ4n) is 3.19. The maximum absolute atomic E-state index is 10.2. The number of nitrogens with one attached hydrogen (secondary N) is 1. The average Bonchev–Trinajstić information content (AvgIpc) is 2.55. The second-order valence-corrected chi connectivity index (χ2v) is 7.21. The molecule has 24 heavy (non-hydrogen) atoms. The van der Waals surface area contributed by atoms with Crippen LogP contribution < -0.4 is 5.32 Å². The van der Waals surface area contributed by atoms with Gasteiger partial charge in [0.2, 0.25) is 0 Å². The van der Waals surface area contributed by atoms with Gasteiger partial charge >= 0.3 is 0 Å². The summed E-state index contributed by atoms with van der Waals surface area (Å²) >= 11 is 6.12. The number of halogens is 1. The molecule has 126 valence electrons. The lowest BCUT2D eigenvalue weighted by molar-refractivity contribution is 0.328. The highest BCUT2D eigenvalue weighted by molar-refractivity contribution is 6.30. The standard InChI is InChI=1S/C20H23ClN2O/c1-4-13-5-7-14(8-6-13)17-12-18(23-20(2,3)22-17)16-11-15(21)9-10-19(16)24/h5-11,18,23-24H,4,12H2,1-3H3. The summed E-state index contributed by atoms with van der Waals surface area (Å²) in [7, 11) is 0. The number of nitrogens with zero attached hydrogens (tertiary/aromatic N) is 1. The van der Waals surface area contributed by atoms with E-state index < -0.39 is 5.66 Å². The van der Waals surface area contributed by atoms with Gasteiger partial charge < -0.3 is 5.11 Å². The van der Waals surface area contributed by atoms with Crippen LogP contribution in [0.25, 0.3) is 0 Å². The monoisotopic (exact) mass is 342 g/mol. The second kappa shape index (κ2) is 6.58. The van der Waals surface area contributed by atoms with Crippen molar-refractivity contribution in [3.63, 3.8) is 0 Å². The summed E-state index contributed by atoms with van der Waals surface area (Å²) in [5, 5.41) is 14.4. The summed E-state index contributed by atoms with van der Waals surface area (Å²) in [4.78, 5) is 4.86. The molecule has 0 amide bonds. The third kappa shape index (κ3) is 3.63. The molecule has 1 heterocycles. The molecule has 3 rings (SSSR count). The fourth-order valence-corrected chi connectivity index (χ4v) is 3.37. The van der Waals surface area contributed by atoms with E-state index in [9.17, 15) is 5.11 Å². The first-order valence-corrected chi connectivity index (χ1v) is 8.70. The Hall–Kier alpha value is -1.84. The Kier molecular flexibility index (Phi) is 4.66. The van der Waals surface area contributed by atoms with Gasteiger partial charge in [0.1, 0.15) is 11.4 Å². The molecule has 0 saturated heterocycles. The van der Waals surface area contributed by atoms with E-state index in [1.165, 1.54) is 5.56 Å². The van der Waals surface area contributed by atoms with Gasteiger partial charge in [-0.25, -0.2) is 0 Å². The predicted molar refractivity (Wildman–Crippen MR) is 100 cm³/mol. The molecule has 4 heteroatoms. The Morgan fingerprint density at radius 2 is 1.92 bits per heavy atom. The molecular weight excluding hydrogens is 320 g/mol. The largest absolute Gasteiger partial charge is 0.508 e. The highest BCUT2D eigenvalue weighted by Crippen LogP contribution is 2.34. The lowest BCUT2D eigenvalue weighted by atomic mass is 9.92. The first kappa shape index (κ1) is 17.0. The minimum absolute atomic E-state index is 0.0305. The van der Waals surface area contributed by atoms with Gasteiger partial charge in [-0.1, -0.05) is 42.8 Å². The molecule has 1 unspecified atom stereocenters. The van der Waals surface area contributed by atoms with Gasteiger partial charge in [-0.05, 0) is 49.6 Å². The number of aromatic hydroxyl groups is 1. The number of benzene rings is 2. The third-order valence-corrected chi connectivity index (χ3v) is 4.63. The van der Waals surface area contributed by atoms with Gasteiger partial charge in [0.05, 0.1) is 0 Å². The normalized spacial score (nSPS) is 19.8. The van der Waals surface area contributed by atoms with Crippen LogP contribution in [0.2, 0.25) is 5.02 Å². The van der Waals surface area contributed by atoms with E-state index >= 15 is 0 Å². The van der Waals surface area contributed by atoms with Crippen molar-refractivity contribution >= 4 is 17.3 Å². The molecule has 0 aromatic heterocycles. The second-order valence-electron chi connectivity index (χ2n) is 6.77. The van der Waals surface area contributed by atoms with E-state index in [2.05, 4.69) is 36.5 Å². The molecule has 2 aromatic carbocycles. The van der Waals surface area contributed by atoms with E-state index in [1.54, 1.807) is 12.1 Å². The van der Waals surface area contributed by atoms with E-state index in [-0.39, 0.29) is 11.8 Å². The van der Waals surface area contributed by atoms with Gasteiger partial charge in [0, 0.05) is 28.8 Å². The van der Waals surface area contributed by atoms with Gasteiger partial charge in [-0.2, -0.15) is 0 Å². The van der Waals surface area contributed by atoms with Gasteiger partial charge in [0.25, 0.3) is 0 Å². The molecule has 1 aliphatic heterocycles. The molecule has 2 aromatic rings. The smallest absolute Gasteiger partial charge is 0.120 e. The molecule has 0 saturated carbocycles. The first-order chi connectivity index (χ1) is 11.4. The molecule has 0 aliphatic carbocycles. The highest BCUT2D eigenvalue weighted by Gasteiger charge is 2.31. The van der Waals surface area contributed by atoms with Crippen molar-refractivity contribution in [2.24, 2.45) is 4.99 Å². The SMILES string of the molecule is CCc1ccc(C2=NC(C)(C)NC(c3cc(Cl)ccc3O)C2)cc1. The molecule has 3 nitrogen and oxygen atoms in total. The van der Waals surface area contributed by atoms with Crippen molar-refractivity contribution in [2.45, 2.75) is 45.3 Å². The van der Waals surface area contributed by atoms with E-state index in [0.717, 1.165) is 23.3 Å². The summed E-state index contributed by atoms with van der Waals surface area (Å²) in [5.74, 6) is 0.260. The first-order valence-electron chi connectivity index (χ1n) is 8.32. The van der Waals surface area contributed by atoms with Crippen LogP contribution in [0, 0.1) is 0 Å². The zero-order chi connectivity index (χ0) is 17.3. The topological polar surface area (TPSA) is 44.6 Å². The van der Waals surface area contributed by atoms with Gasteiger partial charge in [-0.3, -0.25) is 10.3 Å². The van der Waals surface area contributed by atoms with Gasteiger partial charge in [0.15, 0.2) is 0 Å². The third-order valence-electron chi connectivity index (χ3n) is 4.40. The van der Waals surface area contributed by atoms with Crippen LogP contribution in [0.5, 0.6) is 5.75 Å². The van der Waals surface area contributed by atoms with Crippen LogP contribution in [-0.2, 0) is 6.42 Å². The van der Waals surface area contributed by atoms with Crippen molar-refractivity contribution in [3.8, 4) is 5.75 Å².